The summed E-state index contributed by atoms with van der Waals surface area (Å²) in [4.78, 5) is 10.9. The minimum atomic E-state index is -0.107. The molecule has 0 heterocycles. The van der Waals surface area contributed by atoms with E-state index in [1.54, 1.807) is 0 Å². The summed E-state index contributed by atoms with van der Waals surface area (Å²) in [5.41, 5.74) is 5.67. The summed E-state index contributed by atoms with van der Waals surface area (Å²) in [7, 11) is 1.49. The van der Waals surface area contributed by atoms with Crippen molar-refractivity contribution in [3.8, 4) is 0 Å². The van der Waals surface area contributed by atoms with Crippen molar-refractivity contribution < 1.29 is 9.53 Å². The lowest BCUT2D eigenvalue weighted by Gasteiger charge is -2.10. The molecule has 0 aromatic rings. The quantitative estimate of drug-likeness (QED) is 0.590. The monoisotopic (exact) mass is 174 g/mol. The van der Waals surface area contributed by atoms with Crippen LogP contribution in [0.5, 0.6) is 0 Å². The van der Waals surface area contributed by atoms with E-state index in [1.165, 1.54) is 7.11 Å². The Morgan fingerprint density at radius 2 is 2.33 bits per heavy atom. The van der Waals surface area contributed by atoms with Crippen LogP contribution in [0, 0.1) is 0 Å². The predicted octanol–water partition coefficient (Wildman–Crippen LogP) is -0.124. The molecule has 0 spiro atoms. The highest BCUT2D eigenvalue weighted by Gasteiger charge is 2.03. The van der Waals surface area contributed by atoms with Crippen LogP contribution in [0.4, 0.5) is 0 Å². The summed E-state index contributed by atoms with van der Waals surface area (Å²) in [6.07, 6.45) is 1.98. The van der Waals surface area contributed by atoms with Gasteiger partial charge in [-0.1, -0.05) is 13.3 Å². The molecule has 1 atom stereocenters. The molecule has 0 bridgehead atoms. The van der Waals surface area contributed by atoms with Crippen molar-refractivity contribution >= 4 is 5.91 Å². The molecule has 0 aliphatic carbocycles. The van der Waals surface area contributed by atoms with Crippen molar-refractivity contribution in [2.75, 3.05) is 20.3 Å². The Bertz CT molecular complexity index is 128. The molecule has 4 heteroatoms. The van der Waals surface area contributed by atoms with E-state index < -0.39 is 0 Å². The fourth-order valence-electron chi connectivity index (χ4n) is 0.900. The molecule has 0 fully saturated rings. The zero-order valence-electron chi connectivity index (χ0n) is 7.80. The fourth-order valence-corrected chi connectivity index (χ4v) is 0.900. The van der Waals surface area contributed by atoms with Crippen LogP contribution in [0.15, 0.2) is 0 Å². The lowest BCUT2D eigenvalue weighted by atomic mass is 10.2. The molecule has 0 aliphatic rings. The highest BCUT2D eigenvalue weighted by Crippen LogP contribution is 1.90. The molecule has 3 N–H and O–H groups in total. The first-order chi connectivity index (χ1) is 5.70. The van der Waals surface area contributed by atoms with Gasteiger partial charge in [-0.05, 0) is 6.42 Å². The summed E-state index contributed by atoms with van der Waals surface area (Å²) < 4.78 is 4.64. The fraction of sp³-hybridized carbons (Fsp3) is 0.875. The highest BCUT2D eigenvalue weighted by molar-refractivity contribution is 5.77. The van der Waals surface area contributed by atoms with Crippen molar-refractivity contribution in [3.63, 3.8) is 0 Å². The van der Waals surface area contributed by atoms with E-state index in [9.17, 15) is 4.79 Å². The number of rotatable bonds is 6. The van der Waals surface area contributed by atoms with Gasteiger partial charge in [-0.2, -0.15) is 0 Å². The van der Waals surface area contributed by atoms with Crippen molar-refractivity contribution in [2.45, 2.75) is 25.8 Å². The molecule has 1 amide bonds. The van der Waals surface area contributed by atoms with Gasteiger partial charge < -0.3 is 15.8 Å². The second kappa shape index (κ2) is 7.06. The van der Waals surface area contributed by atoms with Crippen LogP contribution >= 0.6 is 0 Å². The van der Waals surface area contributed by atoms with Gasteiger partial charge in [-0.15, -0.1) is 0 Å². The molecule has 1 unspecified atom stereocenters. The smallest absolute Gasteiger partial charge is 0.246 e. The Morgan fingerprint density at radius 1 is 1.67 bits per heavy atom. The van der Waals surface area contributed by atoms with Crippen molar-refractivity contribution in [3.05, 3.63) is 0 Å². The second-order valence-electron chi connectivity index (χ2n) is 2.79. The number of nitrogens with one attached hydrogen (secondary N) is 1. The Balaban J connectivity index is 3.33. The maximum atomic E-state index is 10.9. The number of hydrogen-bond acceptors (Lipinski definition) is 3. The molecule has 0 rings (SSSR count). The summed E-state index contributed by atoms with van der Waals surface area (Å²) in [6, 6.07) is 0.0656. The minimum absolute atomic E-state index is 0.0656. The van der Waals surface area contributed by atoms with Crippen LogP contribution in [0.3, 0.4) is 0 Å². The average molecular weight is 174 g/mol. The number of hydrogen-bond donors (Lipinski definition) is 2. The number of methoxy groups -OCH3 is 1. The molecule has 0 saturated heterocycles. The molecule has 0 saturated carbocycles. The molecule has 4 nitrogen and oxygen atoms in total. The van der Waals surface area contributed by atoms with Crippen LogP contribution < -0.4 is 11.1 Å². The predicted molar refractivity (Wildman–Crippen MR) is 47.8 cm³/mol. The lowest BCUT2D eigenvalue weighted by Crippen LogP contribution is -2.38. The summed E-state index contributed by atoms with van der Waals surface area (Å²) in [6.45, 7) is 2.71. The average Bonchev–Trinajstić information content (AvgIpc) is 2.02. The standard InChI is InChI=1S/C8H18N2O2/c1-3-4-7(9)5-10-8(11)6-12-2/h7H,3-6,9H2,1-2H3,(H,10,11). The summed E-state index contributed by atoms with van der Waals surface area (Å²) in [5.74, 6) is -0.107. The van der Waals surface area contributed by atoms with Crippen LogP contribution in [-0.4, -0.2) is 32.2 Å². The lowest BCUT2D eigenvalue weighted by molar-refractivity contribution is -0.124. The van der Waals surface area contributed by atoms with Crippen molar-refractivity contribution in [1.29, 1.82) is 0 Å². The first-order valence-corrected chi connectivity index (χ1v) is 4.22. The van der Waals surface area contributed by atoms with E-state index >= 15 is 0 Å². The molecular formula is C8H18N2O2. The number of ether oxygens (including phenoxy) is 1. The molecule has 0 aliphatic heterocycles. The van der Waals surface area contributed by atoms with Gasteiger partial charge in [-0.25, -0.2) is 0 Å². The van der Waals surface area contributed by atoms with Gasteiger partial charge in [0.2, 0.25) is 5.91 Å². The first kappa shape index (κ1) is 11.4. The third-order valence-corrected chi connectivity index (χ3v) is 1.50. The maximum absolute atomic E-state index is 10.9. The van der Waals surface area contributed by atoms with Crippen LogP contribution in [0.2, 0.25) is 0 Å². The van der Waals surface area contributed by atoms with E-state index in [1.807, 2.05) is 0 Å². The normalized spacial score (nSPS) is 12.6. The van der Waals surface area contributed by atoms with Gasteiger partial charge >= 0.3 is 0 Å². The SMILES string of the molecule is CCCC(N)CNC(=O)COC. The van der Waals surface area contributed by atoms with Gasteiger partial charge in [0.15, 0.2) is 0 Å². The second-order valence-corrected chi connectivity index (χ2v) is 2.79. The summed E-state index contributed by atoms with van der Waals surface area (Å²) >= 11 is 0. The Morgan fingerprint density at radius 3 is 2.83 bits per heavy atom. The number of carbonyl (C=O) groups is 1. The Labute approximate surface area is 73.5 Å². The Kier molecular flexibility index (Phi) is 6.70. The van der Waals surface area contributed by atoms with Crippen LogP contribution in [0.25, 0.3) is 0 Å². The van der Waals surface area contributed by atoms with Gasteiger partial charge in [0.25, 0.3) is 0 Å². The minimum Gasteiger partial charge on any atom is -0.375 e. The number of nitrogens with two attached hydrogens (primary N) is 1. The molecular weight excluding hydrogens is 156 g/mol. The summed E-state index contributed by atoms with van der Waals surface area (Å²) in [5, 5.41) is 2.68. The van der Waals surface area contributed by atoms with Crippen LogP contribution in [0.1, 0.15) is 19.8 Å². The van der Waals surface area contributed by atoms with Crippen molar-refractivity contribution in [2.24, 2.45) is 5.73 Å². The van der Waals surface area contributed by atoms with E-state index in [2.05, 4.69) is 17.0 Å². The van der Waals surface area contributed by atoms with Gasteiger partial charge in [0.05, 0.1) is 0 Å². The van der Waals surface area contributed by atoms with Crippen LogP contribution in [-0.2, 0) is 9.53 Å². The van der Waals surface area contributed by atoms with E-state index in [0.717, 1.165) is 12.8 Å². The zero-order chi connectivity index (χ0) is 9.40. The van der Waals surface area contributed by atoms with Crippen molar-refractivity contribution in [1.82, 2.24) is 5.32 Å². The first-order valence-electron chi connectivity index (χ1n) is 4.22. The molecule has 12 heavy (non-hydrogen) atoms. The van der Waals surface area contributed by atoms with E-state index in [4.69, 9.17) is 5.73 Å². The number of amides is 1. The molecule has 0 aromatic carbocycles. The highest BCUT2D eigenvalue weighted by atomic mass is 16.5. The largest absolute Gasteiger partial charge is 0.375 e. The van der Waals surface area contributed by atoms with E-state index in [-0.39, 0.29) is 18.6 Å². The van der Waals surface area contributed by atoms with Gasteiger partial charge in [0.1, 0.15) is 6.61 Å². The molecule has 72 valence electrons. The third-order valence-electron chi connectivity index (χ3n) is 1.50. The molecule has 0 aromatic heterocycles. The van der Waals surface area contributed by atoms with E-state index in [0.29, 0.717) is 6.54 Å². The topological polar surface area (TPSA) is 64.3 Å². The number of carbonyl (C=O) groups excluding carboxylic acids is 1. The van der Waals surface area contributed by atoms with Gasteiger partial charge in [-0.3, -0.25) is 4.79 Å². The maximum Gasteiger partial charge on any atom is 0.246 e. The Hall–Kier alpha value is -0.610. The molecule has 0 radical (unpaired) electrons. The third kappa shape index (κ3) is 6.12. The van der Waals surface area contributed by atoms with Gasteiger partial charge in [0, 0.05) is 19.7 Å². The zero-order valence-corrected chi connectivity index (χ0v) is 7.80.